The summed E-state index contributed by atoms with van der Waals surface area (Å²) in [6.07, 6.45) is 2.14. The Bertz CT molecular complexity index is 1910. The number of phenolic OH excluding ortho intramolecular Hbond substituents is 1. The molecule has 0 aromatic heterocycles. The monoisotopic (exact) mass is 644 g/mol. The van der Waals surface area contributed by atoms with Gasteiger partial charge >= 0.3 is 5.97 Å². The highest BCUT2D eigenvalue weighted by atomic mass is 35.5. The van der Waals surface area contributed by atoms with E-state index in [2.05, 4.69) is 0 Å². The highest BCUT2D eigenvalue weighted by molar-refractivity contribution is 6.31. The fourth-order valence-electron chi connectivity index (χ4n) is 8.45. The number of imide groups is 2. The van der Waals surface area contributed by atoms with Crippen molar-refractivity contribution in [3.05, 3.63) is 82.6 Å². The predicted octanol–water partition coefficient (Wildman–Crippen LogP) is 5.43. The van der Waals surface area contributed by atoms with Crippen LogP contribution in [-0.2, 0) is 24.0 Å². The number of allylic oxidation sites excluding steroid dienone is 2. The maximum atomic E-state index is 14.6. The number of carboxylic acid groups (broad SMARTS) is 1. The standard InChI is InChI=1S/C35H30ClFN2O7/c1-35-23(32(44)39(34(35)46)18-9-12-25(37)24(36)15-18)16-22-20(30(35)29-19-6-3-2-5-17(19)8-13-26(29)40)10-11-21-28(22)33(45)38(31(21)43)14-4-7-27(41)42/h2-3,5-6,8-10,12-13,15,21-23,28,30,40H,4,7,11,14,16H2,1H3,(H,41,42). The first-order chi connectivity index (χ1) is 21.9. The number of nitrogens with zero attached hydrogens (tertiary/aromatic N) is 2. The van der Waals surface area contributed by atoms with Crippen molar-refractivity contribution < 1.29 is 38.6 Å². The molecule has 7 rings (SSSR count). The Kier molecular flexibility index (Phi) is 7.04. The number of amides is 4. The number of carbonyl (C=O) groups excluding carboxylic acids is 4. The number of fused-ring (bicyclic) bond motifs is 5. The van der Waals surface area contributed by atoms with Gasteiger partial charge < -0.3 is 10.2 Å². The molecule has 0 spiro atoms. The molecule has 1 saturated carbocycles. The van der Waals surface area contributed by atoms with E-state index >= 15 is 0 Å². The van der Waals surface area contributed by atoms with Crippen LogP contribution in [0.4, 0.5) is 10.1 Å². The van der Waals surface area contributed by atoms with Crippen molar-refractivity contribution >= 4 is 57.7 Å². The fourth-order valence-corrected chi connectivity index (χ4v) is 8.63. The predicted molar refractivity (Wildman–Crippen MR) is 165 cm³/mol. The number of carboxylic acids is 1. The third-order valence-corrected chi connectivity index (χ3v) is 10.8. The van der Waals surface area contributed by atoms with Gasteiger partial charge in [-0.1, -0.05) is 53.6 Å². The van der Waals surface area contributed by atoms with Crippen LogP contribution >= 0.6 is 11.6 Å². The number of hydrogen-bond acceptors (Lipinski definition) is 6. The van der Waals surface area contributed by atoms with Gasteiger partial charge in [0.05, 0.1) is 33.9 Å². The van der Waals surface area contributed by atoms with Crippen LogP contribution < -0.4 is 4.90 Å². The first-order valence-corrected chi connectivity index (χ1v) is 15.6. The SMILES string of the molecule is CC12C(=O)N(c3ccc(F)c(Cl)c3)C(=O)C1CC1C(=CCC3C(=O)N(CCCC(=O)O)C(=O)C31)C2c1c(O)ccc2ccccc12. The molecule has 0 bridgehead atoms. The van der Waals surface area contributed by atoms with Crippen molar-refractivity contribution in [3.8, 4) is 5.75 Å². The lowest BCUT2D eigenvalue weighted by atomic mass is 9.51. The van der Waals surface area contributed by atoms with Crippen LogP contribution in [0.1, 0.15) is 44.1 Å². The van der Waals surface area contributed by atoms with Crippen LogP contribution in [0.2, 0.25) is 5.02 Å². The Hall–Kier alpha value is -4.57. The van der Waals surface area contributed by atoms with Crippen LogP contribution in [0.25, 0.3) is 10.8 Å². The average molecular weight is 645 g/mol. The zero-order chi connectivity index (χ0) is 32.7. The average Bonchev–Trinajstić information content (AvgIpc) is 3.38. The van der Waals surface area contributed by atoms with Gasteiger partial charge in [-0.15, -0.1) is 0 Å². The number of rotatable bonds is 6. The van der Waals surface area contributed by atoms with Crippen molar-refractivity contribution in [1.82, 2.24) is 4.90 Å². The molecule has 0 radical (unpaired) electrons. The summed E-state index contributed by atoms with van der Waals surface area (Å²) in [6.45, 7) is 1.68. The van der Waals surface area contributed by atoms with Gasteiger partial charge in [0, 0.05) is 24.4 Å². The minimum atomic E-state index is -1.42. The molecule has 6 unspecified atom stereocenters. The molecule has 236 valence electrons. The molecule has 4 aliphatic rings. The van der Waals surface area contributed by atoms with E-state index in [9.17, 15) is 33.5 Å². The first-order valence-electron chi connectivity index (χ1n) is 15.3. The number of likely N-dealkylation sites (tertiary alicyclic amines) is 1. The Morgan fingerprint density at radius 1 is 1.02 bits per heavy atom. The Morgan fingerprint density at radius 2 is 1.78 bits per heavy atom. The number of hydrogen-bond donors (Lipinski definition) is 2. The maximum absolute atomic E-state index is 14.6. The molecule has 6 atom stereocenters. The summed E-state index contributed by atoms with van der Waals surface area (Å²) in [4.78, 5) is 69.7. The van der Waals surface area contributed by atoms with E-state index in [-0.39, 0.29) is 54.6 Å². The van der Waals surface area contributed by atoms with Gasteiger partial charge in [-0.2, -0.15) is 0 Å². The molecular weight excluding hydrogens is 615 g/mol. The molecular formula is C35H30ClFN2O7. The fraction of sp³-hybridized carbons (Fsp3) is 0.343. The maximum Gasteiger partial charge on any atom is 0.303 e. The van der Waals surface area contributed by atoms with Crippen LogP contribution in [0, 0.1) is 34.9 Å². The molecule has 11 heteroatoms. The lowest BCUT2D eigenvalue weighted by Gasteiger charge is -2.49. The summed E-state index contributed by atoms with van der Waals surface area (Å²) in [7, 11) is 0. The van der Waals surface area contributed by atoms with Gasteiger partial charge in [0.15, 0.2) is 0 Å². The van der Waals surface area contributed by atoms with Crippen LogP contribution in [0.15, 0.2) is 66.2 Å². The van der Waals surface area contributed by atoms with Gasteiger partial charge in [0.25, 0.3) is 0 Å². The van der Waals surface area contributed by atoms with E-state index < -0.39 is 64.5 Å². The molecule has 3 fully saturated rings. The lowest BCUT2D eigenvalue weighted by Crippen LogP contribution is -2.49. The second-order valence-electron chi connectivity index (χ2n) is 12.8. The lowest BCUT2D eigenvalue weighted by molar-refractivity contribution is -0.142. The van der Waals surface area contributed by atoms with Gasteiger partial charge in [-0.25, -0.2) is 9.29 Å². The Balaban J connectivity index is 1.39. The van der Waals surface area contributed by atoms with E-state index in [1.165, 1.54) is 12.1 Å². The van der Waals surface area contributed by atoms with Crippen molar-refractivity contribution in [2.24, 2.45) is 29.1 Å². The van der Waals surface area contributed by atoms with Gasteiger partial charge in [-0.3, -0.25) is 28.9 Å². The van der Waals surface area contributed by atoms with E-state index in [4.69, 9.17) is 16.7 Å². The third kappa shape index (κ3) is 4.22. The van der Waals surface area contributed by atoms with Crippen molar-refractivity contribution in [3.63, 3.8) is 0 Å². The molecule has 2 heterocycles. The largest absolute Gasteiger partial charge is 0.508 e. The molecule has 2 aliphatic heterocycles. The number of carbonyl (C=O) groups is 5. The number of benzene rings is 3. The van der Waals surface area contributed by atoms with E-state index in [1.807, 2.05) is 30.3 Å². The highest BCUT2D eigenvalue weighted by Gasteiger charge is 2.68. The summed E-state index contributed by atoms with van der Waals surface area (Å²) < 4.78 is 14.1. The Labute approximate surface area is 268 Å². The minimum Gasteiger partial charge on any atom is -0.508 e. The number of halogens is 2. The number of aliphatic carboxylic acids is 1. The number of aromatic hydroxyl groups is 1. The quantitative estimate of drug-likeness (QED) is 0.270. The molecule has 9 nitrogen and oxygen atoms in total. The minimum absolute atomic E-state index is 0.0236. The second kappa shape index (κ2) is 10.8. The summed E-state index contributed by atoms with van der Waals surface area (Å²) in [6, 6.07) is 14.4. The third-order valence-electron chi connectivity index (χ3n) is 10.5. The first kappa shape index (κ1) is 30.1. The second-order valence-corrected chi connectivity index (χ2v) is 13.2. The summed E-state index contributed by atoms with van der Waals surface area (Å²) in [5.41, 5.74) is -0.137. The summed E-state index contributed by atoms with van der Waals surface area (Å²) >= 11 is 6.07. The van der Waals surface area contributed by atoms with E-state index in [0.29, 0.717) is 16.5 Å². The van der Waals surface area contributed by atoms with Gasteiger partial charge in [-0.05, 0) is 67.1 Å². The van der Waals surface area contributed by atoms with Crippen LogP contribution in [0.5, 0.6) is 5.75 Å². The molecule has 2 saturated heterocycles. The molecule has 2 N–H and O–H groups in total. The summed E-state index contributed by atoms with van der Waals surface area (Å²) in [5, 5.41) is 21.8. The van der Waals surface area contributed by atoms with Crippen molar-refractivity contribution in [2.45, 2.75) is 38.5 Å². The molecule has 2 aliphatic carbocycles. The van der Waals surface area contributed by atoms with Gasteiger partial charge in [0.1, 0.15) is 11.6 Å². The number of anilines is 1. The topological polar surface area (TPSA) is 132 Å². The molecule has 3 aromatic rings. The zero-order valence-electron chi connectivity index (χ0n) is 24.8. The van der Waals surface area contributed by atoms with Gasteiger partial charge in [0.2, 0.25) is 23.6 Å². The molecule has 46 heavy (non-hydrogen) atoms. The molecule has 4 amide bonds. The smallest absolute Gasteiger partial charge is 0.303 e. The van der Waals surface area contributed by atoms with E-state index in [0.717, 1.165) is 21.3 Å². The van der Waals surface area contributed by atoms with Crippen LogP contribution in [0.3, 0.4) is 0 Å². The van der Waals surface area contributed by atoms with Crippen LogP contribution in [-0.4, -0.2) is 51.3 Å². The van der Waals surface area contributed by atoms with Crippen molar-refractivity contribution in [2.75, 3.05) is 11.4 Å². The normalized spacial score (nSPS) is 28.8. The zero-order valence-corrected chi connectivity index (χ0v) is 25.5. The Morgan fingerprint density at radius 3 is 2.52 bits per heavy atom. The highest BCUT2D eigenvalue weighted by Crippen LogP contribution is 2.65. The number of phenols is 1. The van der Waals surface area contributed by atoms with Crippen molar-refractivity contribution in [1.29, 1.82) is 0 Å². The molecule has 3 aromatic carbocycles. The van der Waals surface area contributed by atoms with E-state index in [1.54, 1.807) is 19.1 Å². The summed E-state index contributed by atoms with van der Waals surface area (Å²) in [5.74, 6) is -7.53.